The zero-order chi connectivity index (χ0) is 9.62. The minimum atomic E-state index is -5.65. The number of carbonyl (C=O) groups excluding carboxylic acids is 1. The first-order valence-electron chi connectivity index (χ1n) is 3.11. The van der Waals surface area contributed by atoms with E-state index in [9.17, 15) is 26.7 Å². The summed E-state index contributed by atoms with van der Waals surface area (Å²) in [5, 5.41) is 0. The van der Waals surface area contributed by atoms with E-state index in [1.165, 1.54) is 0 Å². The molecule has 0 spiro atoms. The Morgan fingerprint density at radius 2 is 1.50 bits per heavy atom. The molecule has 12 heavy (non-hydrogen) atoms. The van der Waals surface area contributed by atoms with Crippen molar-refractivity contribution in [2.24, 2.45) is 5.41 Å². The number of halogens is 5. The first kappa shape index (κ1) is 9.41. The van der Waals surface area contributed by atoms with Gasteiger partial charge in [0.05, 0.1) is 0 Å². The van der Waals surface area contributed by atoms with Gasteiger partial charge in [-0.1, -0.05) is 0 Å². The predicted molar refractivity (Wildman–Crippen MR) is 28.4 cm³/mol. The zero-order valence-electron chi connectivity index (χ0n) is 5.71. The third-order valence-electron chi connectivity index (χ3n) is 1.90. The summed E-state index contributed by atoms with van der Waals surface area (Å²) in [6.45, 7) is 0. The summed E-state index contributed by atoms with van der Waals surface area (Å²) >= 11 is 0. The lowest BCUT2D eigenvalue weighted by atomic mass is 10.00. The van der Waals surface area contributed by atoms with Gasteiger partial charge in [0.25, 0.3) is 0 Å². The molecule has 0 amide bonds. The molecule has 69 valence electrons. The molecule has 1 fully saturated rings. The van der Waals surface area contributed by atoms with Gasteiger partial charge in [0.2, 0.25) is 6.29 Å². The van der Waals surface area contributed by atoms with Crippen molar-refractivity contribution >= 4 is 6.29 Å². The second-order valence-corrected chi connectivity index (χ2v) is 2.76. The Labute approximate surface area is 64.5 Å². The molecule has 0 N–H and O–H groups in total. The largest absolute Gasteiger partial charge is 0.454 e. The summed E-state index contributed by atoms with van der Waals surface area (Å²) in [5.41, 5.74) is -2.59. The van der Waals surface area contributed by atoms with Gasteiger partial charge in [-0.2, -0.15) is 22.0 Å². The number of hydrogen-bond acceptors (Lipinski definition) is 1. The van der Waals surface area contributed by atoms with Crippen LogP contribution in [-0.4, -0.2) is 18.4 Å². The lowest BCUT2D eigenvalue weighted by Gasteiger charge is -2.23. The Morgan fingerprint density at radius 3 is 1.58 bits per heavy atom. The Kier molecular flexibility index (Phi) is 1.70. The summed E-state index contributed by atoms with van der Waals surface area (Å²) < 4.78 is 59.6. The number of rotatable bonds is 2. The van der Waals surface area contributed by atoms with Gasteiger partial charge in [-0.25, -0.2) is 0 Å². The van der Waals surface area contributed by atoms with Gasteiger partial charge in [-0.05, 0) is 12.8 Å². The summed E-state index contributed by atoms with van der Waals surface area (Å²) in [6.07, 6.45) is -5.76. The van der Waals surface area contributed by atoms with Crippen LogP contribution in [0.3, 0.4) is 0 Å². The normalized spacial score (nSPS) is 22.1. The molecule has 0 aromatic rings. The number of hydrogen-bond donors (Lipinski definition) is 0. The van der Waals surface area contributed by atoms with Gasteiger partial charge in [-0.15, -0.1) is 0 Å². The highest BCUT2D eigenvalue weighted by molar-refractivity contribution is 5.66. The standard InChI is InChI=1S/C6H4F5O/c7-5(8,6(9,10)11)4(3-12)1-2-4/h1-2H2. The Balaban J connectivity index is 2.92. The highest BCUT2D eigenvalue weighted by atomic mass is 19.4. The van der Waals surface area contributed by atoms with Crippen molar-refractivity contribution in [3.05, 3.63) is 0 Å². The molecule has 0 heterocycles. The molecule has 0 bridgehead atoms. The summed E-state index contributed by atoms with van der Waals surface area (Å²) in [5.74, 6) is -4.93. The van der Waals surface area contributed by atoms with Gasteiger partial charge in [0, 0.05) is 0 Å². The zero-order valence-corrected chi connectivity index (χ0v) is 5.71. The van der Waals surface area contributed by atoms with Gasteiger partial charge < -0.3 is 0 Å². The van der Waals surface area contributed by atoms with E-state index in [0.717, 1.165) is 6.29 Å². The summed E-state index contributed by atoms with van der Waals surface area (Å²) in [4.78, 5) is 9.88. The van der Waals surface area contributed by atoms with E-state index in [1.54, 1.807) is 0 Å². The van der Waals surface area contributed by atoms with Crippen LogP contribution in [0.15, 0.2) is 0 Å². The SMILES string of the molecule is O=[C]C1(C(F)(F)C(F)(F)F)CC1. The first-order chi connectivity index (χ1) is 5.27. The van der Waals surface area contributed by atoms with Crippen LogP contribution < -0.4 is 0 Å². The second kappa shape index (κ2) is 2.17. The average Bonchev–Trinajstić information content (AvgIpc) is 2.64. The van der Waals surface area contributed by atoms with Crippen LogP contribution in [0.1, 0.15) is 12.8 Å². The van der Waals surface area contributed by atoms with Gasteiger partial charge in [0.1, 0.15) is 5.41 Å². The molecule has 0 unspecified atom stereocenters. The van der Waals surface area contributed by atoms with E-state index in [4.69, 9.17) is 0 Å². The van der Waals surface area contributed by atoms with E-state index in [2.05, 4.69) is 0 Å². The maximum atomic E-state index is 12.4. The van der Waals surface area contributed by atoms with Crippen molar-refractivity contribution < 1.29 is 26.7 Å². The predicted octanol–water partition coefficient (Wildman–Crippen LogP) is 2.07. The molecule has 0 aliphatic heterocycles. The van der Waals surface area contributed by atoms with Gasteiger partial charge in [0.15, 0.2) is 0 Å². The number of alkyl halides is 5. The van der Waals surface area contributed by atoms with Crippen LogP contribution in [0.25, 0.3) is 0 Å². The minimum Gasteiger partial charge on any atom is -0.290 e. The topological polar surface area (TPSA) is 17.1 Å². The average molecular weight is 187 g/mol. The highest BCUT2D eigenvalue weighted by Gasteiger charge is 2.75. The molecule has 1 saturated carbocycles. The molecular formula is C6H4F5O. The van der Waals surface area contributed by atoms with Crippen LogP contribution in [-0.2, 0) is 4.79 Å². The molecule has 1 aliphatic carbocycles. The molecule has 1 nitrogen and oxygen atoms in total. The van der Waals surface area contributed by atoms with E-state index >= 15 is 0 Å². The smallest absolute Gasteiger partial charge is 0.290 e. The fraction of sp³-hybridized carbons (Fsp3) is 0.833. The Hall–Kier alpha value is -0.680. The van der Waals surface area contributed by atoms with E-state index < -0.39 is 30.4 Å². The van der Waals surface area contributed by atoms with E-state index in [1.807, 2.05) is 0 Å². The Morgan fingerprint density at radius 1 is 1.08 bits per heavy atom. The molecule has 1 rings (SSSR count). The van der Waals surface area contributed by atoms with Crippen LogP contribution in [0.5, 0.6) is 0 Å². The van der Waals surface area contributed by atoms with Crippen molar-refractivity contribution in [1.29, 1.82) is 0 Å². The van der Waals surface area contributed by atoms with Gasteiger partial charge in [-0.3, -0.25) is 4.79 Å². The monoisotopic (exact) mass is 187 g/mol. The molecular weight excluding hydrogens is 183 g/mol. The van der Waals surface area contributed by atoms with Crippen LogP contribution in [0.2, 0.25) is 0 Å². The first-order valence-corrected chi connectivity index (χ1v) is 3.11. The second-order valence-electron chi connectivity index (χ2n) is 2.76. The van der Waals surface area contributed by atoms with Crippen molar-refractivity contribution in [2.45, 2.75) is 24.9 Å². The third-order valence-corrected chi connectivity index (χ3v) is 1.90. The third kappa shape index (κ3) is 1.01. The van der Waals surface area contributed by atoms with Crippen molar-refractivity contribution in [3.63, 3.8) is 0 Å². The molecule has 0 saturated heterocycles. The lowest BCUT2D eigenvalue weighted by molar-refractivity contribution is -0.299. The van der Waals surface area contributed by atoms with Crippen LogP contribution in [0, 0.1) is 5.41 Å². The fourth-order valence-electron chi connectivity index (χ4n) is 0.876. The maximum Gasteiger partial charge on any atom is 0.454 e. The van der Waals surface area contributed by atoms with Crippen LogP contribution in [0.4, 0.5) is 22.0 Å². The molecule has 1 aliphatic rings. The highest BCUT2D eigenvalue weighted by Crippen LogP contribution is 2.60. The quantitative estimate of drug-likeness (QED) is 0.605. The molecule has 0 aromatic heterocycles. The van der Waals surface area contributed by atoms with Crippen LogP contribution >= 0.6 is 0 Å². The molecule has 0 aromatic carbocycles. The van der Waals surface area contributed by atoms with E-state index in [0.29, 0.717) is 0 Å². The summed E-state index contributed by atoms with van der Waals surface area (Å²) in [6, 6.07) is 0. The Bertz CT molecular complexity index is 202. The molecule has 1 radical (unpaired) electrons. The van der Waals surface area contributed by atoms with Crippen molar-refractivity contribution in [2.75, 3.05) is 0 Å². The van der Waals surface area contributed by atoms with E-state index in [-0.39, 0.29) is 0 Å². The van der Waals surface area contributed by atoms with Crippen molar-refractivity contribution in [3.8, 4) is 0 Å². The minimum absolute atomic E-state index is 0.441. The fourth-order valence-corrected chi connectivity index (χ4v) is 0.876. The van der Waals surface area contributed by atoms with Gasteiger partial charge >= 0.3 is 12.1 Å². The molecule has 0 atom stereocenters. The van der Waals surface area contributed by atoms with Crippen molar-refractivity contribution in [1.82, 2.24) is 0 Å². The maximum absolute atomic E-state index is 12.4. The lowest BCUT2D eigenvalue weighted by Crippen LogP contribution is -2.45. The molecule has 6 heteroatoms. The summed E-state index contributed by atoms with van der Waals surface area (Å²) in [7, 11) is 0.